The predicted molar refractivity (Wildman–Crippen MR) is 155 cm³/mol. The van der Waals surface area contributed by atoms with Gasteiger partial charge in [0.05, 0.1) is 12.0 Å². The molecule has 0 saturated carbocycles. The lowest BCUT2D eigenvalue weighted by molar-refractivity contribution is -0.385. The van der Waals surface area contributed by atoms with Crippen LogP contribution in [0.15, 0.2) is 36.4 Å². The Morgan fingerprint density at radius 2 is 1.72 bits per heavy atom. The molecule has 4 heterocycles. The SMILES string of the molecule is COc1cc(C(=O)N2CCC(N3CCN(c4ccc5c(c4)CN(C4CCC(=O)NC4=O)C5=O)CC3)CC2)ccc1[N+](=O)[O-]. The van der Waals surface area contributed by atoms with Gasteiger partial charge in [-0.2, -0.15) is 0 Å². The third-order valence-electron chi connectivity index (χ3n) is 9.08. The topological polar surface area (TPSA) is 146 Å². The lowest BCUT2D eigenvalue weighted by Crippen LogP contribution is -2.53. The number of methoxy groups -OCH3 is 1. The highest BCUT2D eigenvalue weighted by Gasteiger charge is 2.39. The highest BCUT2D eigenvalue weighted by Crippen LogP contribution is 2.32. The Morgan fingerprint density at radius 1 is 0.977 bits per heavy atom. The van der Waals surface area contributed by atoms with Gasteiger partial charge in [0.25, 0.3) is 11.8 Å². The lowest BCUT2D eigenvalue weighted by Gasteiger charge is -2.43. The number of anilines is 1. The second-order valence-corrected chi connectivity index (χ2v) is 11.4. The number of rotatable bonds is 6. The first-order valence-corrected chi connectivity index (χ1v) is 14.6. The minimum Gasteiger partial charge on any atom is -0.490 e. The van der Waals surface area contributed by atoms with Crippen molar-refractivity contribution < 1.29 is 28.8 Å². The number of benzene rings is 2. The third kappa shape index (κ3) is 5.52. The maximum Gasteiger partial charge on any atom is 0.310 e. The molecule has 2 aromatic rings. The Bertz CT molecular complexity index is 1480. The molecular formula is C30H34N6O7. The number of nitrogens with zero attached hydrogens (tertiary/aromatic N) is 5. The predicted octanol–water partition coefficient (Wildman–Crippen LogP) is 1.79. The molecule has 226 valence electrons. The number of amides is 4. The largest absolute Gasteiger partial charge is 0.490 e. The molecular weight excluding hydrogens is 556 g/mol. The Kier molecular flexibility index (Phi) is 7.74. The number of piperazine rings is 1. The number of ether oxygens (including phenoxy) is 1. The number of likely N-dealkylation sites (tertiary alicyclic amines) is 1. The molecule has 13 heteroatoms. The molecule has 3 fully saturated rings. The number of nitro benzene ring substituents is 1. The average Bonchev–Trinajstić information content (AvgIpc) is 3.35. The molecule has 0 radical (unpaired) electrons. The summed E-state index contributed by atoms with van der Waals surface area (Å²) >= 11 is 0. The molecule has 4 amide bonds. The maximum absolute atomic E-state index is 13.1. The van der Waals surface area contributed by atoms with Gasteiger partial charge in [-0.1, -0.05) is 0 Å². The van der Waals surface area contributed by atoms with E-state index in [1.807, 2.05) is 18.2 Å². The van der Waals surface area contributed by atoms with E-state index in [9.17, 15) is 29.3 Å². The van der Waals surface area contributed by atoms with Crippen LogP contribution in [0.5, 0.6) is 5.75 Å². The number of hydrogen-bond donors (Lipinski definition) is 1. The molecule has 2 aromatic carbocycles. The fourth-order valence-electron chi connectivity index (χ4n) is 6.68. The van der Waals surface area contributed by atoms with E-state index in [2.05, 4.69) is 15.1 Å². The smallest absolute Gasteiger partial charge is 0.310 e. The van der Waals surface area contributed by atoms with E-state index in [1.165, 1.54) is 25.3 Å². The van der Waals surface area contributed by atoms with Crippen molar-refractivity contribution in [2.45, 2.75) is 44.3 Å². The highest BCUT2D eigenvalue weighted by molar-refractivity contribution is 6.05. The molecule has 0 aromatic heterocycles. The van der Waals surface area contributed by atoms with E-state index in [4.69, 9.17) is 4.74 Å². The van der Waals surface area contributed by atoms with Gasteiger partial charge in [-0.15, -0.1) is 0 Å². The second kappa shape index (κ2) is 11.6. The number of nitrogens with one attached hydrogen (secondary N) is 1. The van der Waals surface area contributed by atoms with Crippen molar-refractivity contribution in [1.29, 1.82) is 0 Å². The molecule has 4 aliphatic heterocycles. The number of carbonyl (C=O) groups excluding carboxylic acids is 4. The van der Waals surface area contributed by atoms with Crippen molar-refractivity contribution in [2.24, 2.45) is 0 Å². The fraction of sp³-hybridized carbons (Fsp3) is 0.467. The van der Waals surface area contributed by atoms with Crippen LogP contribution in [0.3, 0.4) is 0 Å². The van der Waals surface area contributed by atoms with E-state index < -0.39 is 16.9 Å². The zero-order chi connectivity index (χ0) is 30.2. The van der Waals surface area contributed by atoms with E-state index >= 15 is 0 Å². The number of imide groups is 1. The summed E-state index contributed by atoms with van der Waals surface area (Å²) in [6.07, 6.45) is 2.29. The molecule has 0 bridgehead atoms. The Hall–Kier alpha value is -4.52. The summed E-state index contributed by atoms with van der Waals surface area (Å²) in [6, 6.07) is 9.84. The number of carbonyl (C=O) groups is 4. The number of nitro groups is 1. The zero-order valence-electron chi connectivity index (χ0n) is 24.0. The first-order chi connectivity index (χ1) is 20.7. The van der Waals surface area contributed by atoms with Crippen molar-refractivity contribution in [3.05, 3.63) is 63.2 Å². The van der Waals surface area contributed by atoms with Crippen LogP contribution in [0.1, 0.15) is 52.0 Å². The van der Waals surface area contributed by atoms with Gasteiger partial charge in [0.2, 0.25) is 11.8 Å². The van der Waals surface area contributed by atoms with E-state index in [0.29, 0.717) is 43.2 Å². The lowest BCUT2D eigenvalue weighted by atomic mass is 10.0. The fourth-order valence-corrected chi connectivity index (χ4v) is 6.68. The van der Waals surface area contributed by atoms with E-state index in [0.717, 1.165) is 50.3 Å². The van der Waals surface area contributed by atoms with Crippen molar-refractivity contribution in [1.82, 2.24) is 20.0 Å². The van der Waals surface area contributed by atoms with E-state index in [1.54, 1.807) is 9.80 Å². The molecule has 1 unspecified atom stereocenters. The van der Waals surface area contributed by atoms with Gasteiger partial charge in [0.15, 0.2) is 5.75 Å². The van der Waals surface area contributed by atoms with Crippen LogP contribution in [0.4, 0.5) is 11.4 Å². The highest BCUT2D eigenvalue weighted by atomic mass is 16.6. The second-order valence-electron chi connectivity index (χ2n) is 11.4. The quantitative estimate of drug-likeness (QED) is 0.302. The summed E-state index contributed by atoms with van der Waals surface area (Å²) in [5.41, 5.74) is 2.78. The molecule has 4 aliphatic rings. The number of fused-ring (bicyclic) bond motifs is 1. The Labute approximate surface area is 248 Å². The summed E-state index contributed by atoms with van der Waals surface area (Å²) in [4.78, 5) is 68.8. The summed E-state index contributed by atoms with van der Waals surface area (Å²) < 4.78 is 5.12. The van der Waals surface area contributed by atoms with Gasteiger partial charge >= 0.3 is 5.69 Å². The van der Waals surface area contributed by atoms with Crippen molar-refractivity contribution in [3.8, 4) is 5.75 Å². The van der Waals surface area contributed by atoms with Gasteiger partial charge in [-0.05, 0) is 49.1 Å². The minimum atomic E-state index is -0.622. The number of piperidine rings is 2. The molecule has 3 saturated heterocycles. The third-order valence-corrected chi connectivity index (χ3v) is 9.08. The summed E-state index contributed by atoms with van der Waals surface area (Å²) in [5, 5.41) is 13.5. The summed E-state index contributed by atoms with van der Waals surface area (Å²) in [6.45, 7) is 5.04. The molecule has 13 nitrogen and oxygen atoms in total. The molecule has 0 aliphatic carbocycles. The van der Waals surface area contributed by atoms with Crippen LogP contribution < -0.4 is 15.0 Å². The van der Waals surface area contributed by atoms with Gasteiger partial charge in [0, 0.05) is 87.2 Å². The monoisotopic (exact) mass is 590 g/mol. The normalized spacial score (nSPS) is 21.6. The first kappa shape index (κ1) is 28.6. The number of hydrogen-bond acceptors (Lipinski definition) is 9. The Morgan fingerprint density at radius 3 is 2.40 bits per heavy atom. The van der Waals surface area contributed by atoms with Crippen molar-refractivity contribution >= 4 is 35.0 Å². The van der Waals surface area contributed by atoms with Gasteiger partial charge in [-0.25, -0.2) is 0 Å². The molecule has 6 rings (SSSR count). The Balaban J connectivity index is 1.01. The maximum atomic E-state index is 13.1. The average molecular weight is 591 g/mol. The van der Waals surface area contributed by atoms with Crippen LogP contribution in [0, 0.1) is 10.1 Å². The van der Waals surface area contributed by atoms with Crippen LogP contribution in [-0.4, -0.2) is 102 Å². The molecule has 1 atom stereocenters. The van der Waals surface area contributed by atoms with Crippen LogP contribution in [-0.2, 0) is 16.1 Å². The molecule has 43 heavy (non-hydrogen) atoms. The van der Waals surface area contributed by atoms with Crippen LogP contribution >= 0.6 is 0 Å². The van der Waals surface area contributed by atoms with Gasteiger partial charge in [0.1, 0.15) is 6.04 Å². The van der Waals surface area contributed by atoms with Gasteiger partial charge in [-0.3, -0.25) is 39.5 Å². The van der Waals surface area contributed by atoms with Gasteiger partial charge < -0.3 is 19.4 Å². The van der Waals surface area contributed by atoms with E-state index in [-0.39, 0.29) is 35.6 Å². The standard InChI is InChI=1S/C30H34N6O7/c1-43-26-17-19(2-5-24(26)36(41)42)29(39)34-10-8-21(9-11-34)32-12-14-33(15-13-32)22-3-4-23-20(16-22)18-35(30(23)40)25-6-7-27(37)31-28(25)38/h2-5,16-17,21,25H,6-15,18H2,1H3,(H,31,37,38). The summed E-state index contributed by atoms with van der Waals surface area (Å²) in [7, 11) is 1.35. The first-order valence-electron chi connectivity index (χ1n) is 14.6. The minimum absolute atomic E-state index is 0.0743. The molecule has 1 N–H and O–H groups in total. The zero-order valence-corrected chi connectivity index (χ0v) is 24.0. The molecule has 0 spiro atoms. The van der Waals surface area contributed by atoms with Crippen molar-refractivity contribution in [3.63, 3.8) is 0 Å². The van der Waals surface area contributed by atoms with Crippen molar-refractivity contribution in [2.75, 3.05) is 51.3 Å². The van der Waals surface area contributed by atoms with Crippen LogP contribution in [0.2, 0.25) is 0 Å². The summed E-state index contributed by atoms with van der Waals surface area (Å²) in [5.74, 6) is -0.948. The van der Waals surface area contributed by atoms with Crippen LogP contribution in [0.25, 0.3) is 0 Å².